The van der Waals surface area contributed by atoms with Gasteiger partial charge in [-0.15, -0.1) is 0 Å². The number of ether oxygens (including phenoxy) is 1. The second kappa shape index (κ2) is 8.48. The van der Waals surface area contributed by atoms with Gasteiger partial charge in [0, 0.05) is 7.05 Å². The molecule has 0 aliphatic heterocycles. The molecule has 0 fully saturated rings. The molecule has 0 atom stereocenters. The minimum Gasteiger partial charge on any atom is -0.492 e. The van der Waals surface area contributed by atoms with Gasteiger partial charge < -0.3 is 15.0 Å². The summed E-state index contributed by atoms with van der Waals surface area (Å²) in [5.41, 5.74) is 0. The molecule has 0 saturated heterocycles. The molecule has 1 aromatic rings. The van der Waals surface area contributed by atoms with Gasteiger partial charge in [-0.25, -0.2) is 4.39 Å². The van der Waals surface area contributed by atoms with Crippen LogP contribution in [-0.2, 0) is 4.79 Å². The molecule has 0 spiro atoms. The Morgan fingerprint density at radius 3 is 2.68 bits per heavy atom. The lowest BCUT2D eigenvalue weighted by atomic mass is 10.3. The first-order valence-corrected chi connectivity index (χ1v) is 6.46. The number of hydrogen-bond donors (Lipinski definition) is 1. The number of hydrogen-bond acceptors (Lipinski definition) is 3. The number of nitrogens with one attached hydrogen (secondary N) is 1. The van der Waals surface area contributed by atoms with Gasteiger partial charge in [0.15, 0.2) is 0 Å². The van der Waals surface area contributed by atoms with Crippen LogP contribution in [-0.4, -0.2) is 44.1 Å². The maximum Gasteiger partial charge on any atom is 0.236 e. The van der Waals surface area contributed by atoms with Crippen LogP contribution in [0.1, 0.15) is 13.3 Å². The lowest BCUT2D eigenvalue weighted by Gasteiger charge is -2.17. The molecular formula is C14H21FN2O2. The molecule has 0 unspecified atom stereocenters. The largest absolute Gasteiger partial charge is 0.492 e. The Hall–Kier alpha value is -1.62. The summed E-state index contributed by atoms with van der Waals surface area (Å²) in [6.45, 7) is 4.13. The van der Waals surface area contributed by atoms with Crippen LogP contribution >= 0.6 is 0 Å². The van der Waals surface area contributed by atoms with Crippen molar-refractivity contribution in [3.05, 3.63) is 30.1 Å². The first-order valence-electron chi connectivity index (χ1n) is 6.46. The van der Waals surface area contributed by atoms with E-state index in [0.29, 0.717) is 25.4 Å². The van der Waals surface area contributed by atoms with E-state index in [-0.39, 0.29) is 11.7 Å². The molecule has 0 aromatic heterocycles. The number of halogens is 1. The van der Waals surface area contributed by atoms with Gasteiger partial charge in [0.2, 0.25) is 5.91 Å². The summed E-state index contributed by atoms with van der Waals surface area (Å²) >= 11 is 0. The molecule has 1 N–H and O–H groups in total. The summed E-state index contributed by atoms with van der Waals surface area (Å²) in [5.74, 6) is 0.351. The molecule has 1 aromatic carbocycles. The third kappa shape index (κ3) is 6.20. The molecule has 0 saturated carbocycles. The van der Waals surface area contributed by atoms with Crippen molar-refractivity contribution in [2.24, 2.45) is 0 Å². The summed E-state index contributed by atoms with van der Waals surface area (Å²) in [5, 5.41) is 3.06. The minimum atomic E-state index is -0.290. The molecule has 19 heavy (non-hydrogen) atoms. The van der Waals surface area contributed by atoms with Crippen molar-refractivity contribution in [3.63, 3.8) is 0 Å². The van der Waals surface area contributed by atoms with Crippen molar-refractivity contribution in [3.8, 4) is 5.75 Å². The summed E-state index contributed by atoms with van der Waals surface area (Å²) in [6, 6.07) is 5.83. The summed E-state index contributed by atoms with van der Waals surface area (Å²) in [7, 11) is 1.74. The van der Waals surface area contributed by atoms with Crippen LogP contribution in [0.15, 0.2) is 24.3 Å². The summed E-state index contributed by atoms with van der Waals surface area (Å²) in [6.07, 6.45) is 1.00. The van der Waals surface area contributed by atoms with E-state index in [1.807, 2.05) is 0 Å². The maximum absolute atomic E-state index is 12.7. The molecule has 4 nitrogen and oxygen atoms in total. The molecule has 1 amide bonds. The van der Waals surface area contributed by atoms with Gasteiger partial charge in [-0.05, 0) is 37.2 Å². The first-order chi connectivity index (χ1) is 9.13. The van der Waals surface area contributed by atoms with Crippen LogP contribution < -0.4 is 10.1 Å². The van der Waals surface area contributed by atoms with E-state index in [1.165, 1.54) is 12.1 Å². The smallest absolute Gasteiger partial charge is 0.236 e. The normalized spacial score (nSPS) is 10.3. The van der Waals surface area contributed by atoms with Crippen LogP contribution in [0.4, 0.5) is 4.39 Å². The van der Waals surface area contributed by atoms with E-state index in [0.717, 1.165) is 13.0 Å². The van der Waals surface area contributed by atoms with Gasteiger partial charge >= 0.3 is 0 Å². The lowest BCUT2D eigenvalue weighted by molar-refractivity contribution is -0.129. The SMILES string of the molecule is CCCNCC(=O)N(C)CCOc1ccc(F)cc1. The van der Waals surface area contributed by atoms with Crippen molar-refractivity contribution in [2.75, 3.05) is 33.3 Å². The minimum absolute atomic E-state index is 0.0381. The number of rotatable bonds is 8. The molecule has 0 aliphatic rings. The lowest BCUT2D eigenvalue weighted by Crippen LogP contribution is -2.37. The Balaban J connectivity index is 2.20. The average molecular weight is 268 g/mol. The fourth-order valence-corrected chi connectivity index (χ4v) is 1.46. The Bertz CT molecular complexity index is 382. The first kappa shape index (κ1) is 15.4. The van der Waals surface area contributed by atoms with Crippen LogP contribution in [0.3, 0.4) is 0 Å². The van der Waals surface area contributed by atoms with E-state index in [4.69, 9.17) is 4.74 Å². The van der Waals surface area contributed by atoms with Gasteiger partial charge in [0.25, 0.3) is 0 Å². The zero-order valence-corrected chi connectivity index (χ0v) is 11.5. The number of likely N-dealkylation sites (N-methyl/N-ethyl adjacent to an activating group) is 1. The van der Waals surface area contributed by atoms with Gasteiger partial charge in [-0.3, -0.25) is 4.79 Å². The molecule has 0 radical (unpaired) electrons. The quantitative estimate of drug-likeness (QED) is 0.729. The van der Waals surface area contributed by atoms with Gasteiger partial charge in [0.1, 0.15) is 18.2 Å². The number of amides is 1. The molecular weight excluding hydrogens is 247 g/mol. The number of carbonyl (C=O) groups is 1. The fraction of sp³-hybridized carbons (Fsp3) is 0.500. The van der Waals surface area contributed by atoms with Crippen molar-refractivity contribution in [1.29, 1.82) is 0 Å². The highest BCUT2D eigenvalue weighted by atomic mass is 19.1. The third-order valence-electron chi connectivity index (χ3n) is 2.64. The summed E-state index contributed by atoms with van der Waals surface area (Å²) in [4.78, 5) is 13.3. The standard InChI is InChI=1S/C14H21FN2O2/c1-3-8-16-11-14(18)17(2)9-10-19-13-6-4-12(15)5-7-13/h4-7,16H,3,8-11H2,1-2H3. The predicted octanol–water partition coefficient (Wildman–Crippen LogP) is 1.66. The second-order valence-electron chi connectivity index (χ2n) is 4.29. The highest BCUT2D eigenvalue weighted by molar-refractivity contribution is 5.77. The van der Waals surface area contributed by atoms with Gasteiger partial charge in [-0.1, -0.05) is 6.92 Å². The van der Waals surface area contributed by atoms with Crippen LogP contribution in [0.2, 0.25) is 0 Å². The fourth-order valence-electron chi connectivity index (χ4n) is 1.46. The molecule has 5 heteroatoms. The number of carbonyl (C=O) groups excluding carboxylic acids is 1. The van der Waals surface area contributed by atoms with Crippen molar-refractivity contribution in [1.82, 2.24) is 10.2 Å². The Morgan fingerprint density at radius 1 is 1.37 bits per heavy atom. The Morgan fingerprint density at radius 2 is 2.05 bits per heavy atom. The van der Waals surface area contributed by atoms with Crippen LogP contribution in [0.25, 0.3) is 0 Å². The second-order valence-corrected chi connectivity index (χ2v) is 4.29. The number of benzene rings is 1. The molecule has 0 bridgehead atoms. The molecule has 1 rings (SSSR count). The van der Waals surface area contributed by atoms with Crippen molar-refractivity contribution >= 4 is 5.91 Å². The highest BCUT2D eigenvalue weighted by Gasteiger charge is 2.07. The molecule has 106 valence electrons. The number of nitrogens with zero attached hydrogens (tertiary/aromatic N) is 1. The molecule has 0 aliphatic carbocycles. The van der Waals surface area contributed by atoms with E-state index in [2.05, 4.69) is 12.2 Å². The highest BCUT2D eigenvalue weighted by Crippen LogP contribution is 2.10. The summed E-state index contributed by atoms with van der Waals surface area (Å²) < 4.78 is 18.1. The zero-order chi connectivity index (χ0) is 14.1. The Kier molecular flexibility index (Phi) is 6.89. The van der Waals surface area contributed by atoms with Gasteiger partial charge in [-0.2, -0.15) is 0 Å². The maximum atomic E-state index is 12.7. The van der Waals surface area contributed by atoms with Crippen molar-refractivity contribution < 1.29 is 13.9 Å². The average Bonchev–Trinajstić information content (AvgIpc) is 2.41. The monoisotopic (exact) mass is 268 g/mol. The van der Waals surface area contributed by atoms with Gasteiger partial charge in [0.05, 0.1) is 13.1 Å². The van der Waals surface area contributed by atoms with Crippen molar-refractivity contribution in [2.45, 2.75) is 13.3 Å². The van der Waals surface area contributed by atoms with E-state index >= 15 is 0 Å². The van der Waals surface area contributed by atoms with Crippen LogP contribution in [0, 0.1) is 5.82 Å². The predicted molar refractivity (Wildman–Crippen MR) is 72.7 cm³/mol. The van der Waals surface area contributed by atoms with E-state index in [9.17, 15) is 9.18 Å². The van der Waals surface area contributed by atoms with E-state index in [1.54, 1.807) is 24.1 Å². The van der Waals surface area contributed by atoms with Crippen LogP contribution in [0.5, 0.6) is 5.75 Å². The topological polar surface area (TPSA) is 41.6 Å². The molecule has 0 heterocycles. The third-order valence-corrected chi connectivity index (χ3v) is 2.64. The van der Waals surface area contributed by atoms with E-state index < -0.39 is 0 Å². The zero-order valence-electron chi connectivity index (χ0n) is 11.5. The Labute approximate surface area is 113 Å².